The lowest BCUT2D eigenvalue weighted by Gasteiger charge is -2.17. The topological polar surface area (TPSA) is 72.0 Å². The minimum absolute atomic E-state index is 0.0503. The van der Waals surface area contributed by atoms with Gasteiger partial charge in [0.1, 0.15) is 10.7 Å². The smallest absolute Gasteiger partial charge is 0.315 e. The van der Waals surface area contributed by atoms with E-state index in [1.54, 1.807) is 18.3 Å². The van der Waals surface area contributed by atoms with Crippen molar-refractivity contribution in [3.8, 4) is 0 Å². The molecule has 5 nitrogen and oxygen atoms in total. The lowest BCUT2D eigenvalue weighted by atomic mass is 9.89. The molecule has 0 radical (unpaired) electrons. The summed E-state index contributed by atoms with van der Waals surface area (Å²) in [7, 11) is 0. The SMILES string of the molecule is CCOC(=O)CS[C@H](C)c1nc2sc3c(c2c(=O)[nH]1)CC[C@@H](C)C3. The third kappa shape index (κ3) is 3.52. The molecule has 0 bridgehead atoms. The highest BCUT2D eigenvalue weighted by molar-refractivity contribution is 8.00. The molecule has 2 aromatic heterocycles. The number of fused-ring (bicyclic) bond motifs is 3. The first-order valence-corrected chi connectivity index (χ1v) is 10.2. The molecule has 0 aromatic carbocycles. The highest BCUT2D eigenvalue weighted by atomic mass is 32.2. The van der Waals surface area contributed by atoms with Crippen LogP contribution in [0.3, 0.4) is 0 Å². The number of rotatable bonds is 5. The van der Waals surface area contributed by atoms with Gasteiger partial charge in [-0.25, -0.2) is 4.98 Å². The van der Waals surface area contributed by atoms with Crippen LogP contribution in [0.25, 0.3) is 10.2 Å². The van der Waals surface area contributed by atoms with E-state index >= 15 is 0 Å². The summed E-state index contributed by atoms with van der Waals surface area (Å²) in [6, 6.07) is 0. The molecule has 2 heterocycles. The molecule has 0 amide bonds. The molecular formula is C17H22N2O3S2. The van der Waals surface area contributed by atoms with Crippen LogP contribution in [-0.4, -0.2) is 28.3 Å². The summed E-state index contributed by atoms with van der Waals surface area (Å²) in [5, 5.41) is 0.706. The molecule has 1 aliphatic rings. The van der Waals surface area contributed by atoms with E-state index in [1.165, 1.54) is 22.2 Å². The van der Waals surface area contributed by atoms with Crippen LogP contribution < -0.4 is 5.56 Å². The van der Waals surface area contributed by atoms with Crippen LogP contribution in [0.1, 0.15) is 48.7 Å². The number of hydrogen-bond donors (Lipinski definition) is 1. The first-order chi connectivity index (χ1) is 11.5. The van der Waals surface area contributed by atoms with Gasteiger partial charge in [-0.2, -0.15) is 0 Å². The molecule has 0 spiro atoms. The van der Waals surface area contributed by atoms with Crippen molar-refractivity contribution in [3.63, 3.8) is 0 Å². The van der Waals surface area contributed by atoms with Crippen molar-refractivity contribution in [2.75, 3.05) is 12.4 Å². The number of carbonyl (C=O) groups is 1. The Kier molecular flexibility index (Phi) is 5.30. The zero-order chi connectivity index (χ0) is 17.3. The Bertz CT molecular complexity index is 812. The molecule has 0 unspecified atom stereocenters. The summed E-state index contributed by atoms with van der Waals surface area (Å²) in [6.45, 7) is 6.38. The van der Waals surface area contributed by atoms with Gasteiger partial charge in [0.2, 0.25) is 0 Å². The van der Waals surface area contributed by atoms with Gasteiger partial charge in [-0.1, -0.05) is 6.92 Å². The maximum absolute atomic E-state index is 12.6. The van der Waals surface area contributed by atoms with Gasteiger partial charge in [-0.05, 0) is 44.6 Å². The quantitative estimate of drug-likeness (QED) is 0.821. The Morgan fingerprint density at radius 2 is 2.33 bits per heavy atom. The second-order valence-electron chi connectivity index (χ2n) is 6.24. The molecule has 1 N–H and O–H groups in total. The maximum Gasteiger partial charge on any atom is 0.315 e. The number of ether oxygens (including phenoxy) is 1. The normalized spacial score (nSPS) is 18.4. The van der Waals surface area contributed by atoms with Gasteiger partial charge in [0, 0.05) is 4.88 Å². The van der Waals surface area contributed by atoms with Crippen molar-refractivity contribution in [1.29, 1.82) is 0 Å². The minimum Gasteiger partial charge on any atom is -0.465 e. The first-order valence-electron chi connectivity index (χ1n) is 8.31. The summed E-state index contributed by atoms with van der Waals surface area (Å²) in [4.78, 5) is 33.8. The predicted molar refractivity (Wildman–Crippen MR) is 98.9 cm³/mol. The second-order valence-corrected chi connectivity index (χ2v) is 8.65. The number of carbonyl (C=O) groups excluding carboxylic acids is 1. The molecule has 0 saturated heterocycles. The lowest BCUT2D eigenvalue weighted by molar-refractivity contribution is -0.139. The minimum atomic E-state index is -0.238. The zero-order valence-electron chi connectivity index (χ0n) is 14.2. The lowest BCUT2D eigenvalue weighted by Crippen LogP contribution is -2.16. The van der Waals surface area contributed by atoms with Crippen molar-refractivity contribution in [1.82, 2.24) is 9.97 Å². The third-order valence-electron chi connectivity index (χ3n) is 4.33. The largest absolute Gasteiger partial charge is 0.465 e. The number of aryl methyl sites for hydroxylation is 1. The van der Waals surface area contributed by atoms with Gasteiger partial charge in [0.05, 0.1) is 23.0 Å². The molecule has 130 valence electrons. The van der Waals surface area contributed by atoms with Crippen molar-refractivity contribution < 1.29 is 9.53 Å². The number of nitrogens with zero attached hydrogens (tertiary/aromatic N) is 1. The Hall–Kier alpha value is -1.34. The van der Waals surface area contributed by atoms with Crippen molar-refractivity contribution in [2.24, 2.45) is 5.92 Å². The van der Waals surface area contributed by atoms with E-state index < -0.39 is 0 Å². The summed E-state index contributed by atoms with van der Waals surface area (Å²) in [6.07, 6.45) is 3.14. The first kappa shape index (κ1) is 17.5. The predicted octanol–water partition coefficient (Wildman–Crippen LogP) is 3.47. The number of esters is 1. The van der Waals surface area contributed by atoms with E-state index in [0.717, 1.165) is 29.5 Å². The average molecular weight is 367 g/mol. The molecule has 2 aromatic rings. The number of H-pyrrole nitrogens is 1. The Balaban J connectivity index is 1.85. The maximum atomic E-state index is 12.6. The van der Waals surface area contributed by atoms with Crippen molar-refractivity contribution in [2.45, 2.75) is 45.3 Å². The molecule has 3 rings (SSSR count). The van der Waals surface area contributed by atoms with Crippen LogP contribution in [0.4, 0.5) is 0 Å². The molecule has 7 heteroatoms. The third-order valence-corrected chi connectivity index (χ3v) is 6.60. The summed E-state index contributed by atoms with van der Waals surface area (Å²) < 4.78 is 4.94. The Labute approximate surface area is 149 Å². The van der Waals surface area contributed by atoms with Crippen LogP contribution in [0.2, 0.25) is 0 Å². The average Bonchev–Trinajstić information content (AvgIpc) is 2.90. The number of nitrogens with one attached hydrogen (secondary N) is 1. The number of aromatic amines is 1. The van der Waals surface area contributed by atoms with Crippen LogP contribution in [0.15, 0.2) is 4.79 Å². The molecule has 0 aliphatic heterocycles. The molecule has 0 fully saturated rings. The summed E-state index contributed by atoms with van der Waals surface area (Å²) in [5.41, 5.74) is 1.14. The summed E-state index contributed by atoms with van der Waals surface area (Å²) >= 11 is 3.08. The van der Waals surface area contributed by atoms with E-state index in [-0.39, 0.29) is 22.5 Å². The molecule has 2 atom stereocenters. The van der Waals surface area contributed by atoms with Gasteiger partial charge in [0.25, 0.3) is 5.56 Å². The van der Waals surface area contributed by atoms with Crippen LogP contribution >= 0.6 is 23.1 Å². The Morgan fingerprint density at radius 3 is 3.08 bits per heavy atom. The van der Waals surface area contributed by atoms with Gasteiger partial charge >= 0.3 is 5.97 Å². The highest BCUT2D eigenvalue weighted by Crippen LogP contribution is 2.36. The van der Waals surface area contributed by atoms with E-state index in [9.17, 15) is 9.59 Å². The van der Waals surface area contributed by atoms with Gasteiger partial charge in [0.15, 0.2) is 0 Å². The number of thioether (sulfide) groups is 1. The standard InChI is InChI=1S/C17H22N2O3S2/c1-4-22-13(20)8-23-10(3)15-18-16(21)14-11-6-5-9(2)7-12(11)24-17(14)19-15/h9-10H,4-8H2,1-3H3,(H,18,19,21)/t9-,10-/m1/s1. The van der Waals surface area contributed by atoms with E-state index in [0.29, 0.717) is 18.3 Å². The summed E-state index contributed by atoms with van der Waals surface area (Å²) in [5.74, 6) is 1.32. The number of thiophene rings is 1. The van der Waals surface area contributed by atoms with Gasteiger partial charge in [-0.15, -0.1) is 23.1 Å². The molecular weight excluding hydrogens is 344 g/mol. The van der Waals surface area contributed by atoms with Crippen LogP contribution in [0, 0.1) is 5.92 Å². The fourth-order valence-corrected chi connectivity index (χ4v) is 5.16. The van der Waals surface area contributed by atoms with Crippen molar-refractivity contribution in [3.05, 3.63) is 26.6 Å². The van der Waals surface area contributed by atoms with Gasteiger partial charge < -0.3 is 9.72 Å². The van der Waals surface area contributed by atoms with Crippen molar-refractivity contribution >= 4 is 39.3 Å². The monoisotopic (exact) mass is 366 g/mol. The van der Waals surface area contributed by atoms with Crippen LogP contribution in [0.5, 0.6) is 0 Å². The van der Waals surface area contributed by atoms with E-state index in [1.807, 2.05) is 6.92 Å². The molecule has 1 aliphatic carbocycles. The fraction of sp³-hybridized carbons (Fsp3) is 0.588. The zero-order valence-corrected chi connectivity index (χ0v) is 15.8. The van der Waals surface area contributed by atoms with E-state index in [2.05, 4.69) is 16.9 Å². The van der Waals surface area contributed by atoms with Crippen LogP contribution in [-0.2, 0) is 22.4 Å². The number of aromatic nitrogens is 2. The fourth-order valence-electron chi connectivity index (χ4n) is 3.03. The Morgan fingerprint density at radius 1 is 1.54 bits per heavy atom. The second kappa shape index (κ2) is 7.27. The van der Waals surface area contributed by atoms with Gasteiger partial charge in [-0.3, -0.25) is 9.59 Å². The van der Waals surface area contributed by atoms with E-state index in [4.69, 9.17) is 4.74 Å². The molecule has 24 heavy (non-hydrogen) atoms. The highest BCUT2D eigenvalue weighted by Gasteiger charge is 2.24. The molecule has 0 saturated carbocycles. The number of hydrogen-bond acceptors (Lipinski definition) is 6.